The van der Waals surface area contributed by atoms with E-state index < -0.39 is 66.3 Å². The number of aliphatic hydroxyl groups excluding tert-OH is 7. The Morgan fingerprint density at radius 2 is 1.50 bits per heavy atom. The number of carbonyl (C=O) groups excluding carboxylic acids is 1. The molecule has 7 N–H and O–H groups in total. The lowest BCUT2D eigenvalue weighted by Crippen LogP contribution is -2.68. The molecule has 0 bridgehead atoms. The second-order valence-corrected chi connectivity index (χ2v) is 17.8. The van der Waals surface area contributed by atoms with Crippen LogP contribution in [-0.4, -0.2) is 97.8 Å². The highest BCUT2D eigenvalue weighted by Crippen LogP contribution is 2.75. The number of fused-ring (bicyclic) bond motifs is 6. The van der Waals surface area contributed by atoms with Gasteiger partial charge in [0.1, 0.15) is 24.4 Å². The Hall–Kier alpha value is -1.11. The summed E-state index contributed by atoms with van der Waals surface area (Å²) in [5.41, 5.74) is 0.150. The Morgan fingerprint density at radius 1 is 0.826 bits per heavy atom. The molecule has 10 heteroatoms. The van der Waals surface area contributed by atoms with Crippen molar-refractivity contribution in [1.29, 1.82) is 0 Å². The molecule has 0 aromatic carbocycles. The first kappa shape index (κ1) is 34.7. The van der Waals surface area contributed by atoms with Crippen molar-refractivity contribution >= 4 is 5.97 Å². The van der Waals surface area contributed by atoms with E-state index in [0.717, 1.165) is 50.5 Å². The van der Waals surface area contributed by atoms with Crippen molar-refractivity contribution < 1.29 is 50.0 Å². The number of rotatable bonds is 4. The second-order valence-electron chi connectivity index (χ2n) is 17.8. The van der Waals surface area contributed by atoms with Gasteiger partial charge in [-0.05, 0) is 97.7 Å². The van der Waals surface area contributed by atoms with Crippen LogP contribution in [0.3, 0.4) is 0 Å². The van der Waals surface area contributed by atoms with Gasteiger partial charge in [-0.3, -0.25) is 4.79 Å². The van der Waals surface area contributed by atoms with Crippen LogP contribution >= 0.6 is 0 Å². The first-order chi connectivity index (χ1) is 21.3. The quantitative estimate of drug-likeness (QED) is 0.177. The number of hydrogen-bond acceptors (Lipinski definition) is 10. The van der Waals surface area contributed by atoms with E-state index in [1.807, 2.05) is 6.92 Å². The molecular weight excluding hydrogens is 592 g/mol. The summed E-state index contributed by atoms with van der Waals surface area (Å²) in [6.07, 6.45) is -1.86. The lowest BCUT2D eigenvalue weighted by atomic mass is 9.33. The maximum absolute atomic E-state index is 14.4. The van der Waals surface area contributed by atoms with Gasteiger partial charge >= 0.3 is 5.97 Å². The van der Waals surface area contributed by atoms with Gasteiger partial charge in [0.25, 0.3) is 0 Å². The summed E-state index contributed by atoms with van der Waals surface area (Å²) in [7, 11) is 0. The van der Waals surface area contributed by atoms with Crippen LogP contribution in [0.4, 0.5) is 0 Å². The normalized spacial score (nSPS) is 53.4. The molecule has 0 amide bonds. The maximum atomic E-state index is 14.4. The molecule has 0 aromatic rings. The molecule has 5 fully saturated rings. The summed E-state index contributed by atoms with van der Waals surface area (Å²) in [6.45, 7) is 12.7. The van der Waals surface area contributed by atoms with Gasteiger partial charge in [-0.1, -0.05) is 52.7 Å². The van der Waals surface area contributed by atoms with Crippen LogP contribution in [0.15, 0.2) is 11.1 Å². The average molecular weight is 651 g/mol. The smallest absolute Gasteiger partial charge is 0.318 e. The molecule has 6 aliphatic rings. The van der Waals surface area contributed by atoms with Crippen LogP contribution in [-0.2, 0) is 14.3 Å². The molecule has 14 atom stereocenters. The van der Waals surface area contributed by atoms with E-state index >= 15 is 0 Å². The number of aliphatic hydroxyl groups is 7. The molecule has 262 valence electrons. The van der Waals surface area contributed by atoms with Crippen molar-refractivity contribution in [2.45, 2.75) is 149 Å². The minimum Gasteiger partial charge on any atom is -0.432 e. The minimum atomic E-state index is -1.65. The van der Waals surface area contributed by atoms with E-state index in [0.29, 0.717) is 19.3 Å². The van der Waals surface area contributed by atoms with Crippen LogP contribution in [0.25, 0.3) is 0 Å². The third-order valence-corrected chi connectivity index (χ3v) is 15.1. The number of allylic oxidation sites excluding steroid dienone is 1. The monoisotopic (exact) mass is 650 g/mol. The van der Waals surface area contributed by atoms with Crippen molar-refractivity contribution in [3.8, 4) is 0 Å². The maximum Gasteiger partial charge on any atom is 0.318 e. The molecule has 46 heavy (non-hydrogen) atoms. The van der Waals surface area contributed by atoms with E-state index in [9.17, 15) is 40.5 Å². The van der Waals surface area contributed by atoms with Crippen LogP contribution in [0.2, 0.25) is 0 Å². The SMILES string of the molecule is CC1(C)CC[C@]2(C(=O)O[C@@H]3O[C@H](CO)[C@H](O)[C@H](O)[C@H]3O)CC[C@]3(C)C(=C2C1)CC[C@@H]1[C@@]2(C)C[C@@H](O)[C@H](O)[C@@](C)(CO)[C@@H]2CC[C@]13C. The minimum absolute atomic E-state index is 0.0263. The van der Waals surface area contributed by atoms with Gasteiger partial charge in [-0.25, -0.2) is 0 Å². The predicted octanol–water partition coefficient (Wildman–Crippen LogP) is 2.58. The van der Waals surface area contributed by atoms with Gasteiger partial charge in [-0.2, -0.15) is 0 Å². The van der Waals surface area contributed by atoms with Crippen LogP contribution < -0.4 is 0 Å². The lowest BCUT2D eigenvalue weighted by molar-refractivity contribution is -0.295. The van der Waals surface area contributed by atoms with Crippen LogP contribution in [0, 0.1) is 44.3 Å². The summed E-state index contributed by atoms with van der Waals surface area (Å²) in [4.78, 5) is 14.4. The fourth-order valence-corrected chi connectivity index (χ4v) is 12.1. The zero-order valence-corrected chi connectivity index (χ0v) is 28.5. The molecule has 1 saturated heterocycles. The van der Waals surface area contributed by atoms with Crippen molar-refractivity contribution in [2.24, 2.45) is 44.3 Å². The van der Waals surface area contributed by atoms with E-state index in [-0.39, 0.29) is 40.1 Å². The van der Waals surface area contributed by atoms with Crippen molar-refractivity contribution in [2.75, 3.05) is 13.2 Å². The summed E-state index contributed by atoms with van der Waals surface area (Å²) in [5.74, 6) is -0.154. The van der Waals surface area contributed by atoms with Crippen molar-refractivity contribution in [3.05, 3.63) is 11.1 Å². The van der Waals surface area contributed by atoms with Gasteiger partial charge < -0.3 is 45.2 Å². The molecule has 6 rings (SSSR count). The van der Waals surface area contributed by atoms with Gasteiger partial charge in [0.05, 0.1) is 30.8 Å². The Kier molecular flexibility index (Phi) is 8.46. The van der Waals surface area contributed by atoms with Gasteiger partial charge in [-0.15, -0.1) is 0 Å². The molecule has 4 saturated carbocycles. The zero-order chi connectivity index (χ0) is 33.8. The van der Waals surface area contributed by atoms with Crippen molar-refractivity contribution in [3.63, 3.8) is 0 Å². The zero-order valence-electron chi connectivity index (χ0n) is 28.5. The molecule has 0 radical (unpaired) electrons. The number of hydrogen-bond donors (Lipinski definition) is 7. The Morgan fingerprint density at radius 3 is 2.15 bits per heavy atom. The highest BCUT2D eigenvalue weighted by Gasteiger charge is 2.70. The first-order valence-corrected chi connectivity index (χ1v) is 17.6. The second kappa shape index (κ2) is 11.2. The average Bonchev–Trinajstić information content (AvgIpc) is 3.00. The number of ether oxygens (including phenoxy) is 2. The van der Waals surface area contributed by atoms with E-state index in [1.54, 1.807) is 0 Å². The molecule has 0 unspecified atom stereocenters. The molecule has 1 heterocycles. The third kappa shape index (κ3) is 4.60. The third-order valence-electron chi connectivity index (χ3n) is 15.1. The predicted molar refractivity (Wildman–Crippen MR) is 168 cm³/mol. The number of esters is 1. The van der Waals surface area contributed by atoms with Gasteiger partial charge in [0, 0.05) is 5.41 Å². The van der Waals surface area contributed by atoms with Gasteiger partial charge in [0.2, 0.25) is 6.29 Å². The summed E-state index contributed by atoms with van der Waals surface area (Å²) < 4.78 is 11.5. The standard InChI is InChI=1S/C36H58O10/c1-31(2)11-13-36(30(44)46-29-27(42)26(41)25(40)22(17-37)45-29)14-12-34(5)19(20(36)15-31)7-8-24-32(3)16-21(39)28(43)33(4,18-38)23(32)9-10-35(24,34)6/h21-29,37-43H,7-18H2,1-6H3/t21-,22-,23-,24-,25+,26+,27-,28+,29+,32+,33+,34-,35-,36+/m1/s1. The Balaban J connectivity index is 1.38. The number of carbonyl (C=O) groups is 1. The summed E-state index contributed by atoms with van der Waals surface area (Å²) >= 11 is 0. The topological polar surface area (TPSA) is 177 Å². The van der Waals surface area contributed by atoms with E-state index in [4.69, 9.17) is 9.47 Å². The largest absolute Gasteiger partial charge is 0.432 e. The molecule has 10 nitrogen and oxygen atoms in total. The van der Waals surface area contributed by atoms with E-state index in [1.165, 1.54) is 5.57 Å². The van der Waals surface area contributed by atoms with Crippen molar-refractivity contribution in [1.82, 2.24) is 0 Å². The fourth-order valence-electron chi connectivity index (χ4n) is 12.1. The first-order valence-electron chi connectivity index (χ1n) is 17.6. The molecule has 1 aliphatic heterocycles. The lowest BCUT2D eigenvalue weighted by Gasteiger charge is -2.71. The highest BCUT2D eigenvalue weighted by atomic mass is 16.7. The fraction of sp³-hybridized carbons (Fsp3) is 0.917. The Bertz CT molecular complexity index is 1250. The van der Waals surface area contributed by atoms with E-state index in [2.05, 4.69) is 34.6 Å². The highest BCUT2D eigenvalue weighted by molar-refractivity contribution is 5.82. The summed E-state index contributed by atoms with van der Waals surface area (Å²) in [6, 6.07) is 0. The molecule has 0 spiro atoms. The van der Waals surface area contributed by atoms with Crippen LogP contribution in [0.5, 0.6) is 0 Å². The van der Waals surface area contributed by atoms with Gasteiger partial charge in [0.15, 0.2) is 0 Å². The molecular formula is C36H58O10. The Labute approximate surface area is 273 Å². The molecule has 5 aliphatic carbocycles. The summed E-state index contributed by atoms with van der Waals surface area (Å²) in [5, 5.41) is 73.8. The van der Waals surface area contributed by atoms with Crippen LogP contribution in [0.1, 0.15) is 106 Å². The molecule has 0 aromatic heterocycles.